The van der Waals surface area contributed by atoms with Crippen LogP contribution in [-0.2, 0) is 32.1 Å². The van der Waals surface area contributed by atoms with E-state index in [2.05, 4.69) is 10.6 Å². The Kier molecular flexibility index (Phi) is 12.0. The molecule has 0 bridgehead atoms. The summed E-state index contributed by atoms with van der Waals surface area (Å²) in [7, 11) is 0. The van der Waals surface area contributed by atoms with Gasteiger partial charge in [-0.3, -0.25) is 14.4 Å². The number of hydrogen-bond acceptors (Lipinski definition) is 6. The number of rotatable bonds is 9. The third kappa shape index (κ3) is 10.0. The van der Waals surface area contributed by atoms with Gasteiger partial charge in [0.1, 0.15) is 19.0 Å². The summed E-state index contributed by atoms with van der Waals surface area (Å²) in [5.74, 6) is -0.514. The number of allylic oxidation sites excluding steroid dienone is 2. The Morgan fingerprint density at radius 3 is 2.50 bits per heavy atom. The summed E-state index contributed by atoms with van der Waals surface area (Å²) >= 11 is 0. The summed E-state index contributed by atoms with van der Waals surface area (Å²) in [5, 5.41) is 16.1. The van der Waals surface area contributed by atoms with Crippen LogP contribution in [0, 0.1) is 5.92 Å². The van der Waals surface area contributed by atoms with Gasteiger partial charge in [-0.15, -0.1) is 0 Å². The van der Waals surface area contributed by atoms with E-state index in [-0.39, 0.29) is 37.4 Å². The summed E-state index contributed by atoms with van der Waals surface area (Å²) in [6.45, 7) is 0.434. The van der Waals surface area contributed by atoms with Crippen LogP contribution >= 0.6 is 0 Å². The quantitative estimate of drug-likeness (QED) is 0.292. The molecule has 2 aromatic rings. The first kappa shape index (κ1) is 31.3. The number of ether oxygens (including phenoxy) is 2. The first-order chi connectivity index (χ1) is 20.4. The third-order valence-corrected chi connectivity index (χ3v) is 8.09. The SMILES string of the molecule is O=C(C[C@H]1CC=CCCCCC(=O)OCC2(CCCC2)NC1=O)N[C@H](CO)Cc1ccc(OCc2ccccc2)cc1. The number of esters is 1. The van der Waals surface area contributed by atoms with Crippen molar-refractivity contribution in [2.75, 3.05) is 13.2 Å². The number of cyclic esters (lactones) is 1. The van der Waals surface area contributed by atoms with Gasteiger partial charge in [0, 0.05) is 12.8 Å². The normalized spacial score (nSPS) is 20.3. The smallest absolute Gasteiger partial charge is 0.305 e. The lowest BCUT2D eigenvalue weighted by molar-refractivity contribution is -0.147. The highest BCUT2D eigenvalue weighted by atomic mass is 16.5. The number of amides is 2. The van der Waals surface area contributed by atoms with E-state index < -0.39 is 17.5 Å². The van der Waals surface area contributed by atoms with Crippen molar-refractivity contribution in [3.05, 3.63) is 77.9 Å². The maximum atomic E-state index is 13.5. The van der Waals surface area contributed by atoms with Crippen molar-refractivity contribution in [3.63, 3.8) is 0 Å². The van der Waals surface area contributed by atoms with E-state index in [4.69, 9.17) is 9.47 Å². The maximum absolute atomic E-state index is 13.5. The highest BCUT2D eigenvalue weighted by molar-refractivity contribution is 5.86. The molecule has 1 fully saturated rings. The van der Waals surface area contributed by atoms with Crippen LogP contribution in [0.3, 0.4) is 0 Å². The standard InChI is InChI=1S/C34H44N2O6/c37-23-29(21-26-15-17-30(18-16-26)41-24-27-11-5-4-6-12-27)35-31(38)22-28-13-7-2-1-3-8-14-32(39)42-25-34(36-33(28)40)19-9-10-20-34/h2,4-7,11-12,15-18,28-29,37H,1,3,8-10,13-14,19-25H2,(H,35,38)(H,36,40)/t28-,29+/m1/s1. The Balaban J connectivity index is 1.33. The van der Waals surface area contributed by atoms with Crippen LogP contribution in [0.4, 0.5) is 0 Å². The van der Waals surface area contributed by atoms with E-state index in [1.807, 2.05) is 66.7 Å². The van der Waals surface area contributed by atoms with E-state index in [1.165, 1.54) is 0 Å². The van der Waals surface area contributed by atoms with Crippen molar-refractivity contribution < 1.29 is 29.0 Å². The molecule has 226 valence electrons. The van der Waals surface area contributed by atoms with Crippen molar-refractivity contribution in [2.24, 2.45) is 5.92 Å². The zero-order valence-corrected chi connectivity index (χ0v) is 24.4. The molecule has 0 aromatic heterocycles. The maximum Gasteiger partial charge on any atom is 0.305 e. The molecule has 42 heavy (non-hydrogen) atoms. The van der Waals surface area contributed by atoms with E-state index in [0.29, 0.717) is 25.9 Å². The summed E-state index contributed by atoms with van der Waals surface area (Å²) < 4.78 is 11.4. The second-order valence-corrected chi connectivity index (χ2v) is 11.6. The van der Waals surface area contributed by atoms with Crippen LogP contribution in [0.5, 0.6) is 5.75 Å². The van der Waals surface area contributed by atoms with Crippen molar-refractivity contribution in [1.82, 2.24) is 10.6 Å². The summed E-state index contributed by atoms with van der Waals surface area (Å²) in [6, 6.07) is 17.1. The van der Waals surface area contributed by atoms with Gasteiger partial charge in [-0.2, -0.15) is 0 Å². The van der Waals surface area contributed by atoms with Gasteiger partial charge in [0.15, 0.2) is 0 Å². The van der Waals surface area contributed by atoms with Crippen molar-refractivity contribution in [3.8, 4) is 5.75 Å². The molecule has 1 saturated carbocycles. The molecule has 1 heterocycles. The molecule has 0 radical (unpaired) electrons. The number of carbonyl (C=O) groups excluding carboxylic acids is 3. The number of hydrogen-bond donors (Lipinski definition) is 3. The highest BCUT2D eigenvalue weighted by Gasteiger charge is 2.38. The topological polar surface area (TPSA) is 114 Å². The molecule has 3 N–H and O–H groups in total. The van der Waals surface area contributed by atoms with E-state index in [9.17, 15) is 19.5 Å². The molecule has 8 heteroatoms. The molecule has 1 aliphatic heterocycles. The molecular weight excluding hydrogens is 532 g/mol. The zero-order valence-electron chi connectivity index (χ0n) is 24.4. The number of aliphatic hydroxyl groups excluding tert-OH is 1. The summed E-state index contributed by atoms with van der Waals surface area (Å²) in [4.78, 5) is 38.8. The van der Waals surface area contributed by atoms with Gasteiger partial charge in [-0.25, -0.2) is 0 Å². The minimum absolute atomic E-state index is 0.00873. The van der Waals surface area contributed by atoms with Crippen LogP contribution in [0.2, 0.25) is 0 Å². The molecule has 8 nitrogen and oxygen atoms in total. The van der Waals surface area contributed by atoms with Crippen molar-refractivity contribution in [2.45, 2.75) is 88.8 Å². The highest BCUT2D eigenvalue weighted by Crippen LogP contribution is 2.31. The van der Waals surface area contributed by atoms with E-state index in [1.54, 1.807) is 0 Å². The molecule has 2 atom stereocenters. The fraction of sp³-hybridized carbons (Fsp3) is 0.500. The predicted molar refractivity (Wildman–Crippen MR) is 161 cm³/mol. The first-order valence-corrected chi connectivity index (χ1v) is 15.2. The Labute approximate surface area is 248 Å². The lowest BCUT2D eigenvalue weighted by Crippen LogP contribution is -2.52. The molecule has 2 aliphatic rings. The molecule has 0 saturated heterocycles. The molecule has 4 rings (SSSR count). The van der Waals surface area contributed by atoms with Gasteiger partial charge in [0.05, 0.1) is 24.1 Å². The van der Waals surface area contributed by atoms with Crippen LogP contribution in [0.1, 0.15) is 75.3 Å². The van der Waals surface area contributed by atoms with Crippen LogP contribution < -0.4 is 15.4 Å². The first-order valence-electron chi connectivity index (χ1n) is 15.2. The molecule has 1 spiro atoms. The second-order valence-electron chi connectivity index (χ2n) is 11.6. The van der Waals surface area contributed by atoms with E-state index in [0.717, 1.165) is 61.8 Å². The number of nitrogens with one attached hydrogen (secondary N) is 2. The molecule has 0 unspecified atom stereocenters. The molecular formula is C34H44N2O6. The number of aliphatic hydroxyl groups is 1. The molecule has 1 aliphatic carbocycles. The average molecular weight is 577 g/mol. The van der Waals surface area contributed by atoms with Crippen LogP contribution in [-0.4, -0.2) is 47.7 Å². The predicted octanol–water partition coefficient (Wildman–Crippen LogP) is 4.78. The number of benzene rings is 2. The minimum Gasteiger partial charge on any atom is -0.489 e. The largest absolute Gasteiger partial charge is 0.489 e. The monoisotopic (exact) mass is 576 g/mol. The lowest BCUT2D eigenvalue weighted by atomic mass is 9.93. The summed E-state index contributed by atoms with van der Waals surface area (Å²) in [5.41, 5.74) is 1.47. The Morgan fingerprint density at radius 2 is 1.76 bits per heavy atom. The van der Waals surface area contributed by atoms with E-state index >= 15 is 0 Å². The van der Waals surface area contributed by atoms with Gasteiger partial charge in [-0.1, -0.05) is 67.5 Å². The van der Waals surface area contributed by atoms with Gasteiger partial charge < -0.3 is 25.2 Å². The van der Waals surface area contributed by atoms with Gasteiger partial charge in [0.25, 0.3) is 0 Å². The second kappa shape index (κ2) is 16.1. The summed E-state index contributed by atoms with van der Waals surface area (Å²) in [6.07, 6.45) is 11.1. The minimum atomic E-state index is -0.570. The molecule has 2 aromatic carbocycles. The fourth-order valence-corrected chi connectivity index (χ4v) is 5.62. The van der Waals surface area contributed by atoms with Crippen molar-refractivity contribution >= 4 is 17.8 Å². The fourth-order valence-electron chi connectivity index (χ4n) is 5.62. The van der Waals surface area contributed by atoms with Crippen LogP contribution in [0.15, 0.2) is 66.7 Å². The Bertz CT molecular complexity index is 1170. The van der Waals surface area contributed by atoms with Gasteiger partial charge in [-0.05, 0) is 68.2 Å². The third-order valence-electron chi connectivity index (χ3n) is 8.09. The lowest BCUT2D eigenvalue weighted by Gasteiger charge is -2.31. The number of carbonyl (C=O) groups is 3. The Hall–Kier alpha value is -3.65. The van der Waals surface area contributed by atoms with Gasteiger partial charge >= 0.3 is 5.97 Å². The zero-order chi connectivity index (χ0) is 29.6. The van der Waals surface area contributed by atoms with Crippen molar-refractivity contribution in [1.29, 1.82) is 0 Å². The van der Waals surface area contributed by atoms with Crippen LogP contribution in [0.25, 0.3) is 0 Å². The molecule has 2 amide bonds. The average Bonchev–Trinajstić information content (AvgIpc) is 3.46. The Morgan fingerprint density at radius 1 is 1.00 bits per heavy atom. The van der Waals surface area contributed by atoms with Gasteiger partial charge in [0.2, 0.25) is 11.8 Å².